The Bertz CT molecular complexity index is 506. The summed E-state index contributed by atoms with van der Waals surface area (Å²) >= 11 is 6.06. The largest absolute Gasteiger partial charge is 0.345 e. The third kappa shape index (κ3) is 3.04. The molecule has 1 aliphatic heterocycles. The van der Waals surface area contributed by atoms with Crippen molar-refractivity contribution in [2.75, 3.05) is 0 Å². The van der Waals surface area contributed by atoms with Gasteiger partial charge < -0.3 is 10.2 Å². The zero-order chi connectivity index (χ0) is 14.0. The van der Waals surface area contributed by atoms with E-state index in [2.05, 4.69) is 10.3 Å². The van der Waals surface area contributed by atoms with Gasteiger partial charge in [-0.25, -0.2) is 0 Å². The van der Waals surface area contributed by atoms with Gasteiger partial charge in [0.2, 0.25) is 11.8 Å². The monoisotopic (exact) mass is 281 g/mol. The molecule has 0 bridgehead atoms. The van der Waals surface area contributed by atoms with Gasteiger partial charge in [-0.2, -0.15) is 0 Å². The van der Waals surface area contributed by atoms with E-state index in [4.69, 9.17) is 11.6 Å². The Kier molecular flexibility index (Phi) is 4.04. The van der Waals surface area contributed by atoms with Gasteiger partial charge in [0.1, 0.15) is 6.04 Å². The number of amides is 2. The minimum atomic E-state index is -0.502. The van der Waals surface area contributed by atoms with E-state index >= 15 is 0 Å². The molecule has 1 saturated heterocycles. The fourth-order valence-electron chi connectivity index (χ4n) is 2.16. The van der Waals surface area contributed by atoms with Gasteiger partial charge in [0.15, 0.2) is 0 Å². The van der Waals surface area contributed by atoms with E-state index in [0.29, 0.717) is 18.0 Å². The third-order valence-corrected chi connectivity index (χ3v) is 3.58. The molecule has 1 fully saturated rings. The zero-order valence-corrected chi connectivity index (χ0v) is 11.6. The number of hydrogen-bond donors (Lipinski definition) is 1. The number of carbonyl (C=O) groups is 2. The molecule has 0 saturated carbocycles. The van der Waals surface area contributed by atoms with Gasteiger partial charge in [0, 0.05) is 31.4 Å². The second kappa shape index (κ2) is 5.57. The first-order valence-corrected chi connectivity index (χ1v) is 6.55. The highest BCUT2D eigenvalue weighted by Gasteiger charge is 2.31. The van der Waals surface area contributed by atoms with E-state index < -0.39 is 6.04 Å². The summed E-state index contributed by atoms with van der Waals surface area (Å²) in [6.45, 7) is 3.95. The molecule has 1 aromatic heterocycles. The van der Waals surface area contributed by atoms with Crippen molar-refractivity contribution < 1.29 is 9.59 Å². The number of halogens is 1. The molecule has 0 radical (unpaired) electrons. The number of pyridine rings is 1. The second-order valence-electron chi connectivity index (χ2n) is 4.78. The predicted molar refractivity (Wildman–Crippen MR) is 71.5 cm³/mol. The molecule has 6 heteroatoms. The van der Waals surface area contributed by atoms with Crippen molar-refractivity contribution in [3.8, 4) is 0 Å². The van der Waals surface area contributed by atoms with Crippen LogP contribution in [0.25, 0.3) is 0 Å². The average molecular weight is 282 g/mol. The lowest BCUT2D eigenvalue weighted by Crippen LogP contribution is -2.44. The van der Waals surface area contributed by atoms with E-state index in [0.717, 1.165) is 5.56 Å². The molecule has 19 heavy (non-hydrogen) atoms. The molecule has 102 valence electrons. The van der Waals surface area contributed by atoms with Crippen LogP contribution in [0.1, 0.15) is 25.8 Å². The van der Waals surface area contributed by atoms with E-state index in [-0.39, 0.29) is 17.9 Å². The molecule has 2 atom stereocenters. The van der Waals surface area contributed by atoms with E-state index in [1.807, 2.05) is 6.92 Å². The van der Waals surface area contributed by atoms with Crippen LogP contribution in [0.2, 0.25) is 5.02 Å². The highest BCUT2D eigenvalue weighted by Crippen LogP contribution is 2.20. The number of aromatic nitrogens is 1. The molecule has 5 nitrogen and oxygen atoms in total. The number of nitrogens with one attached hydrogen (secondary N) is 1. The smallest absolute Gasteiger partial charge is 0.245 e. The van der Waals surface area contributed by atoms with Crippen LogP contribution >= 0.6 is 11.6 Å². The number of carbonyl (C=O) groups excluding carboxylic acids is 2. The summed E-state index contributed by atoms with van der Waals surface area (Å²) in [5.74, 6) is -0.192. The normalized spacial score (nSPS) is 24.1. The van der Waals surface area contributed by atoms with Crippen LogP contribution in [0, 0.1) is 0 Å². The highest BCUT2D eigenvalue weighted by molar-refractivity contribution is 6.31. The lowest BCUT2D eigenvalue weighted by atomic mass is 10.1. The van der Waals surface area contributed by atoms with Crippen molar-refractivity contribution >= 4 is 23.4 Å². The summed E-state index contributed by atoms with van der Waals surface area (Å²) in [6, 6.07) is 1.13. The lowest BCUT2D eigenvalue weighted by Gasteiger charge is -2.28. The first-order valence-electron chi connectivity index (χ1n) is 6.17. The zero-order valence-electron chi connectivity index (χ0n) is 10.9. The Morgan fingerprint density at radius 2 is 2.21 bits per heavy atom. The Morgan fingerprint density at radius 1 is 1.47 bits per heavy atom. The summed E-state index contributed by atoms with van der Waals surface area (Å²) < 4.78 is 0. The maximum Gasteiger partial charge on any atom is 0.245 e. The number of hydrogen-bond acceptors (Lipinski definition) is 3. The molecular formula is C13H16ClN3O2. The van der Waals surface area contributed by atoms with Crippen molar-refractivity contribution in [2.45, 2.75) is 38.9 Å². The van der Waals surface area contributed by atoms with E-state index in [1.165, 1.54) is 0 Å². The molecular weight excluding hydrogens is 266 g/mol. The molecule has 0 spiro atoms. The van der Waals surface area contributed by atoms with Crippen LogP contribution in [-0.4, -0.2) is 33.8 Å². The Labute approximate surface area is 117 Å². The molecule has 2 rings (SSSR count). The topological polar surface area (TPSA) is 62.3 Å². The van der Waals surface area contributed by atoms with E-state index in [9.17, 15) is 9.59 Å². The molecule has 1 aliphatic rings. The van der Waals surface area contributed by atoms with Gasteiger partial charge in [-0.1, -0.05) is 11.6 Å². The summed E-state index contributed by atoms with van der Waals surface area (Å²) in [5, 5.41) is 3.20. The average Bonchev–Trinajstić information content (AvgIpc) is 2.43. The SMILES string of the molecule is CC1NC(=O)CC(C)N(Cc2ccncc2Cl)C1=O. The maximum atomic E-state index is 12.3. The molecule has 0 aliphatic carbocycles. The summed E-state index contributed by atoms with van der Waals surface area (Å²) in [5.41, 5.74) is 0.832. The fourth-order valence-corrected chi connectivity index (χ4v) is 2.34. The van der Waals surface area contributed by atoms with E-state index in [1.54, 1.807) is 30.3 Å². The summed E-state index contributed by atoms with van der Waals surface area (Å²) in [7, 11) is 0. The van der Waals surface area contributed by atoms with Crippen LogP contribution in [0.3, 0.4) is 0 Å². The van der Waals surface area contributed by atoms with Crippen LogP contribution in [0.5, 0.6) is 0 Å². The Morgan fingerprint density at radius 3 is 2.89 bits per heavy atom. The van der Waals surface area contributed by atoms with Gasteiger partial charge in [-0.3, -0.25) is 14.6 Å². The molecule has 1 N–H and O–H groups in total. The molecule has 2 heterocycles. The predicted octanol–water partition coefficient (Wildman–Crippen LogP) is 1.36. The Balaban J connectivity index is 2.24. The van der Waals surface area contributed by atoms with Gasteiger partial charge in [-0.15, -0.1) is 0 Å². The molecule has 0 aromatic carbocycles. The quantitative estimate of drug-likeness (QED) is 0.890. The van der Waals surface area contributed by atoms with Crippen LogP contribution < -0.4 is 5.32 Å². The van der Waals surface area contributed by atoms with Crippen LogP contribution in [0.4, 0.5) is 0 Å². The molecule has 2 amide bonds. The van der Waals surface area contributed by atoms with Crippen LogP contribution in [0.15, 0.2) is 18.5 Å². The van der Waals surface area contributed by atoms with Crippen molar-refractivity contribution in [3.05, 3.63) is 29.0 Å². The minimum Gasteiger partial charge on any atom is -0.345 e. The maximum absolute atomic E-state index is 12.3. The highest BCUT2D eigenvalue weighted by atomic mass is 35.5. The van der Waals surface area contributed by atoms with Crippen molar-refractivity contribution in [1.82, 2.24) is 15.2 Å². The molecule has 2 unspecified atom stereocenters. The Hall–Kier alpha value is -1.62. The fraction of sp³-hybridized carbons (Fsp3) is 0.462. The second-order valence-corrected chi connectivity index (χ2v) is 5.18. The third-order valence-electron chi connectivity index (χ3n) is 3.24. The van der Waals surface area contributed by atoms with Crippen molar-refractivity contribution in [1.29, 1.82) is 0 Å². The van der Waals surface area contributed by atoms with Crippen LogP contribution in [-0.2, 0) is 16.1 Å². The summed E-state index contributed by atoms with van der Waals surface area (Å²) in [4.78, 5) is 29.5. The standard InChI is InChI=1S/C13H16ClN3O2/c1-8-5-12(18)16-9(2)13(19)17(8)7-10-3-4-15-6-11(10)14/h3-4,6,8-9H,5,7H2,1-2H3,(H,16,18). The van der Waals surface area contributed by atoms with Crippen molar-refractivity contribution in [3.63, 3.8) is 0 Å². The first kappa shape index (κ1) is 13.8. The number of rotatable bonds is 2. The number of nitrogens with zero attached hydrogens (tertiary/aromatic N) is 2. The lowest BCUT2D eigenvalue weighted by molar-refractivity contribution is -0.135. The first-order chi connectivity index (χ1) is 8.99. The molecule has 1 aromatic rings. The summed E-state index contributed by atoms with van der Waals surface area (Å²) in [6.07, 6.45) is 3.50. The van der Waals surface area contributed by atoms with Gasteiger partial charge in [0.05, 0.1) is 5.02 Å². The minimum absolute atomic E-state index is 0.0915. The van der Waals surface area contributed by atoms with Crippen molar-refractivity contribution in [2.24, 2.45) is 0 Å². The van der Waals surface area contributed by atoms with Gasteiger partial charge in [-0.05, 0) is 25.5 Å². The van der Waals surface area contributed by atoms with Gasteiger partial charge in [0.25, 0.3) is 0 Å². The van der Waals surface area contributed by atoms with Gasteiger partial charge >= 0.3 is 0 Å².